The van der Waals surface area contributed by atoms with E-state index in [2.05, 4.69) is 10.5 Å². The van der Waals surface area contributed by atoms with Crippen molar-refractivity contribution in [3.05, 3.63) is 95.0 Å². The van der Waals surface area contributed by atoms with Crippen molar-refractivity contribution in [2.75, 3.05) is 6.61 Å². The number of amides is 1. The fourth-order valence-corrected chi connectivity index (χ4v) is 2.49. The number of para-hydroxylation sites is 1. The molecule has 0 unspecified atom stereocenters. The molecule has 6 heteroatoms. The molecule has 142 valence electrons. The molecule has 0 aliphatic heterocycles. The first-order chi connectivity index (χ1) is 13.7. The third kappa shape index (κ3) is 6.14. The van der Waals surface area contributed by atoms with Crippen molar-refractivity contribution < 1.29 is 14.3 Å². The Balaban J connectivity index is 1.43. The monoisotopic (exact) mass is 394 g/mol. The van der Waals surface area contributed by atoms with Gasteiger partial charge in [-0.15, -0.1) is 0 Å². The Morgan fingerprint density at radius 1 is 0.893 bits per heavy atom. The van der Waals surface area contributed by atoms with E-state index in [9.17, 15) is 4.79 Å². The van der Waals surface area contributed by atoms with E-state index in [-0.39, 0.29) is 12.5 Å². The summed E-state index contributed by atoms with van der Waals surface area (Å²) < 4.78 is 11.1. The van der Waals surface area contributed by atoms with Crippen LogP contribution in [0.2, 0.25) is 5.02 Å². The molecule has 0 bridgehead atoms. The van der Waals surface area contributed by atoms with Gasteiger partial charge in [0.05, 0.1) is 6.21 Å². The maximum atomic E-state index is 11.7. The van der Waals surface area contributed by atoms with Crippen LogP contribution in [0.25, 0.3) is 0 Å². The van der Waals surface area contributed by atoms with Gasteiger partial charge in [-0.2, -0.15) is 5.10 Å². The molecule has 0 radical (unpaired) electrons. The van der Waals surface area contributed by atoms with Crippen LogP contribution < -0.4 is 14.9 Å². The quantitative estimate of drug-likeness (QED) is 0.453. The summed E-state index contributed by atoms with van der Waals surface area (Å²) in [5, 5.41) is 4.60. The molecule has 1 N–H and O–H groups in total. The van der Waals surface area contributed by atoms with Crippen LogP contribution in [0.4, 0.5) is 0 Å². The average molecular weight is 395 g/mol. The second-order valence-electron chi connectivity index (χ2n) is 5.84. The largest absolute Gasteiger partial charge is 0.489 e. The van der Waals surface area contributed by atoms with Gasteiger partial charge in [0.1, 0.15) is 18.1 Å². The number of nitrogens with zero attached hydrogens (tertiary/aromatic N) is 1. The number of carbonyl (C=O) groups excluding carboxylic acids is 1. The molecule has 28 heavy (non-hydrogen) atoms. The number of carbonyl (C=O) groups is 1. The molecule has 0 saturated carbocycles. The van der Waals surface area contributed by atoms with Gasteiger partial charge in [0.15, 0.2) is 6.61 Å². The molecule has 0 aliphatic rings. The highest BCUT2D eigenvalue weighted by atomic mass is 35.5. The number of halogens is 1. The fraction of sp³-hybridized carbons (Fsp3) is 0.0909. The smallest absolute Gasteiger partial charge is 0.277 e. The maximum absolute atomic E-state index is 11.7. The Bertz CT molecular complexity index is 928. The molecule has 3 aromatic carbocycles. The van der Waals surface area contributed by atoms with Crippen LogP contribution in [0.5, 0.6) is 11.5 Å². The minimum Gasteiger partial charge on any atom is -0.489 e. The normalized spacial score (nSPS) is 10.6. The van der Waals surface area contributed by atoms with Gasteiger partial charge in [-0.1, -0.05) is 48.0 Å². The summed E-state index contributed by atoms with van der Waals surface area (Å²) in [4.78, 5) is 11.7. The topological polar surface area (TPSA) is 59.9 Å². The minimum atomic E-state index is -0.334. The summed E-state index contributed by atoms with van der Waals surface area (Å²) in [7, 11) is 0. The van der Waals surface area contributed by atoms with Crippen molar-refractivity contribution in [1.82, 2.24) is 5.43 Å². The average Bonchev–Trinajstić information content (AvgIpc) is 2.73. The van der Waals surface area contributed by atoms with Gasteiger partial charge < -0.3 is 9.47 Å². The third-order valence-electron chi connectivity index (χ3n) is 3.75. The van der Waals surface area contributed by atoms with Crippen LogP contribution in [0, 0.1) is 0 Å². The van der Waals surface area contributed by atoms with Gasteiger partial charge in [0, 0.05) is 10.6 Å². The summed E-state index contributed by atoms with van der Waals surface area (Å²) in [6, 6.07) is 24.0. The van der Waals surface area contributed by atoms with Crippen molar-refractivity contribution in [2.24, 2.45) is 5.10 Å². The Labute approximate surface area is 168 Å². The molecule has 0 spiro atoms. The Hall–Kier alpha value is -3.31. The van der Waals surface area contributed by atoms with Crippen LogP contribution in [0.3, 0.4) is 0 Å². The van der Waals surface area contributed by atoms with Gasteiger partial charge in [-0.05, 0) is 48.0 Å². The van der Waals surface area contributed by atoms with Crippen LogP contribution >= 0.6 is 11.6 Å². The molecule has 0 atom stereocenters. The molecule has 3 aromatic rings. The number of ether oxygens (including phenoxy) is 2. The zero-order valence-corrected chi connectivity index (χ0v) is 15.8. The van der Waals surface area contributed by atoms with Crippen LogP contribution in [-0.2, 0) is 11.4 Å². The molecule has 5 nitrogen and oxygen atoms in total. The van der Waals surface area contributed by atoms with Gasteiger partial charge in [0.2, 0.25) is 0 Å². The molecular formula is C22H19ClN2O3. The molecule has 0 saturated heterocycles. The zero-order valence-electron chi connectivity index (χ0n) is 15.0. The van der Waals surface area contributed by atoms with Gasteiger partial charge in [-0.25, -0.2) is 5.43 Å². The van der Waals surface area contributed by atoms with Crippen molar-refractivity contribution in [1.29, 1.82) is 0 Å². The number of hydrazone groups is 1. The summed E-state index contributed by atoms with van der Waals surface area (Å²) in [6.07, 6.45) is 1.55. The molecule has 0 aromatic heterocycles. The van der Waals surface area contributed by atoms with E-state index >= 15 is 0 Å². The Morgan fingerprint density at radius 2 is 1.57 bits per heavy atom. The highest BCUT2D eigenvalue weighted by molar-refractivity contribution is 6.31. The lowest BCUT2D eigenvalue weighted by atomic mass is 10.2. The number of benzene rings is 3. The minimum absolute atomic E-state index is 0.101. The molecule has 0 heterocycles. The highest BCUT2D eigenvalue weighted by Gasteiger charge is 2.02. The van der Waals surface area contributed by atoms with Crippen LogP contribution in [0.1, 0.15) is 11.1 Å². The van der Waals surface area contributed by atoms with Crippen LogP contribution in [0.15, 0.2) is 84.0 Å². The van der Waals surface area contributed by atoms with E-state index < -0.39 is 0 Å². The number of hydrogen-bond donors (Lipinski definition) is 1. The first-order valence-electron chi connectivity index (χ1n) is 8.67. The highest BCUT2D eigenvalue weighted by Crippen LogP contribution is 2.18. The standard InChI is InChI=1S/C22H19ClN2O3/c23-21-9-5-4-6-18(21)15-27-20-12-10-17(11-13-20)14-24-25-22(26)16-28-19-7-2-1-3-8-19/h1-14H,15-16H2,(H,25,26)/b24-14-. The van der Waals surface area contributed by atoms with Gasteiger partial charge in [0.25, 0.3) is 5.91 Å². The van der Waals surface area contributed by atoms with Gasteiger partial charge in [-0.3, -0.25) is 4.79 Å². The number of rotatable bonds is 8. The van der Waals surface area contributed by atoms with E-state index in [1.165, 1.54) is 0 Å². The summed E-state index contributed by atoms with van der Waals surface area (Å²) in [5.74, 6) is 1.02. The lowest BCUT2D eigenvalue weighted by molar-refractivity contribution is -0.123. The third-order valence-corrected chi connectivity index (χ3v) is 4.12. The first kappa shape index (κ1) is 19.5. The van der Waals surface area contributed by atoms with E-state index in [1.54, 1.807) is 18.3 Å². The summed E-state index contributed by atoms with van der Waals surface area (Å²) in [6.45, 7) is 0.292. The van der Waals surface area contributed by atoms with E-state index in [0.717, 1.165) is 16.9 Å². The second-order valence-corrected chi connectivity index (χ2v) is 6.25. The molecule has 0 aliphatic carbocycles. The summed E-state index contributed by atoms with van der Waals surface area (Å²) in [5.41, 5.74) is 4.18. The Kier molecular flexibility index (Phi) is 7.04. The van der Waals surface area contributed by atoms with E-state index in [4.69, 9.17) is 21.1 Å². The second kappa shape index (κ2) is 10.1. The van der Waals surface area contributed by atoms with Crippen molar-refractivity contribution >= 4 is 23.7 Å². The molecule has 1 amide bonds. The van der Waals surface area contributed by atoms with Crippen molar-refractivity contribution in [3.8, 4) is 11.5 Å². The predicted molar refractivity (Wildman–Crippen MR) is 110 cm³/mol. The first-order valence-corrected chi connectivity index (χ1v) is 9.04. The summed E-state index contributed by atoms with van der Waals surface area (Å²) >= 11 is 6.11. The van der Waals surface area contributed by atoms with Crippen molar-refractivity contribution in [2.45, 2.75) is 6.61 Å². The molecule has 0 fully saturated rings. The molecule has 3 rings (SSSR count). The van der Waals surface area contributed by atoms with Crippen molar-refractivity contribution in [3.63, 3.8) is 0 Å². The van der Waals surface area contributed by atoms with E-state index in [1.807, 2.05) is 66.7 Å². The SMILES string of the molecule is O=C(COc1ccccc1)N/N=C\c1ccc(OCc2ccccc2Cl)cc1. The maximum Gasteiger partial charge on any atom is 0.277 e. The lowest BCUT2D eigenvalue weighted by Crippen LogP contribution is -2.24. The Morgan fingerprint density at radius 3 is 2.32 bits per heavy atom. The number of hydrogen-bond acceptors (Lipinski definition) is 4. The van der Waals surface area contributed by atoms with E-state index in [0.29, 0.717) is 17.4 Å². The zero-order chi connectivity index (χ0) is 19.6. The fourth-order valence-electron chi connectivity index (χ4n) is 2.30. The number of nitrogens with one attached hydrogen (secondary N) is 1. The molecular weight excluding hydrogens is 376 g/mol. The van der Waals surface area contributed by atoms with Gasteiger partial charge >= 0.3 is 0 Å². The van der Waals surface area contributed by atoms with Crippen LogP contribution in [-0.4, -0.2) is 18.7 Å². The predicted octanol–water partition coefficient (Wildman–Crippen LogP) is 4.45. The lowest BCUT2D eigenvalue weighted by Gasteiger charge is -2.07.